The minimum atomic E-state index is -1.19. The van der Waals surface area contributed by atoms with E-state index in [1.807, 2.05) is 0 Å². The maximum atomic E-state index is 12.5. The molecule has 2 heterocycles. The molecule has 1 aromatic carbocycles. The van der Waals surface area contributed by atoms with Crippen LogP contribution in [0.25, 0.3) is 10.9 Å². The van der Waals surface area contributed by atoms with Crippen LogP contribution in [0.2, 0.25) is 0 Å². The lowest BCUT2D eigenvalue weighted by atomic mass is 10.1. The first kappa shape index (κ1) is 24.1. The Morgan fingerprint density at radius 2 is 1.52 bits per heavy atom. The topological polar surface area (TPSA) is 148 Å². The third-order valence-electron chi connectivity index (χ3n) is 4.35. The van der Waals surface area contributed by atoms with Gasteiger partial charge >= 0.3 is 18.2 Å². The van der Waals surface area contributed by atoms with E-state index in [2.05, 4.69) is 20.9 Å². The maximum Gasteiger partial charge on any atom is 0.412 e. The molecule has 11 nitrogen and oxygen atoms in total. The number of rotatable bonds is 3. The van der Waals surface area contributed by atoms with Gasteiger partial charge in [0.05, 0.1) is 29.7 Å². The van der Waals surface area contributed by atoms with E-state index in [1.165, 1.54) is 19.2 Å². The average molecular weight is 460 g/mol. The van der Waals surface area contributed by atoms with E-state index in [4.69, 9.17) is 14.2 Å². The van der Waals surface area contributed by atoms with E-state index < -0.39 is 35.6 Å². The second kappa shape index (κ2) is 8.39. The van der Waals surface area contributed by atoms with Gasteiger partial charge in [-0.05, 0) is 53.7 Å². The van der Waals surface area contributed by atoms with Crippen LogP contribution in [0.3, 0.4) is 0 Å². The van der Waals surface area contributed by atoms with E-state index in [9.17, 15) is 19.5 Å². The van der Waals surface area contributed by atoms with Crippen molar-refractivity contribution in [1.82, 2.24) is 4.98 Å². The van der Waals surface area contributed by atoms with Gasteiger partial charge in [0.1, 0.15) is 16.9 Å². The molecule has 3 rings (SSSR count). The van der Waals surface area contributed by atoms with Gasteiger partial charge in [0.15, 0.2) is 6.23 Å². The predicted octanol–water partition coefficient (Wildman–Crippen LogP) is 4.13. The van der Waals surface area contributed by atoms with Crippen LogP contribution in [0.4, 0.5) is 26.7 Å². The summed E-state index contributed by atoms with van der Waals surface area (Å²) in [5, 5.41) is 19.1. The number of benzene rings is 1. The molecule has 1 unspecified atom stereocenters. The molecule has 2 amide bonds. The van der Waals surface area contributed by atoms with Crippen molar-refractivity contribution in [2.24, 2.45) is 0 Å². The first-order valence-corrected chi connectivity index (χ1v) is 10.2. The molecule has 2 aromatic rings. The summed E-state index contributed by atoms with van der Waals surface area (Å²) in [4.78, 5) is 41.4. The van der Waals surface area contributed by atoms with Crippen molar-refractivity contribution < 1.29 is 33.7 Å². The molecule has 0 spiro atoms. The number of nitrogens with zero attached hydrogens (tertiary/aromatic N) is 1. The Balaban J connectivity index is 2.16. The number of carbonyl (C=O) groups excluding carboxylic acids is 3. The van der Waals surface area contributed by atoms with Crippen LogP contribution in [0.5, 0.6) is 0 Å². The van der Waals surface area contributed by atoms with Gasteiger partial charge in [-0.1, -0.05) is 0 Å². The summed E-state index contributed by atoms with van der Waals surface area (Å²) in [7, 11) is 1.21. The first-order chi connectivity index (χ1) is 15.2. The number of ether oxygens (including phenoxy) is 3. The fourth-order valence-corrected chi connectivity index (χ4v) is 3.25. The van der Waals surface area contributed by atoms with Gasteiger partial charge < -0.3 is 24.6 Å². The SMILES string of the molecule is COC(=O)c1cc2c3c(c(NC(=O)OC(C)(C)C)cc(NC(=O)OC(C)(C)C)c3n1)NC2O. The number of aliphatic hydroxyl groups excluding tert-OH is 1. The fourth-order valence-electron chi connectivity index (χ4n) is 3.25. The molecular weight excluding hydrogens is 432 g/mol. The minimum absolute atomic E-state index is 0.0613. The van der Waals surface area contributed by atoms with E-state index in [0.29, 0.717) is 16.6 Å². The van der Waals surface area contributed by atoms with Crippen LogP contribution in [-0.4, -0.2) is 46.6 Å². The Morgan fingerprint density at radius 1 is 0.970 bits per heavy atom. The van der Waals surface area contributed by atoms with Gasteiger partial charge in [-0.3, -0.25) is 10.6 Å². The van der Waals surface area contributed by atoms with Crippen molar-refractivity contribution in [2.45, 2.75) is 59.0 Å². The third-order valence-corrected chi connectivity index (χ3v) is 4.35. The lowest BCUT2D eigenvalue weighted by Gasteiger charge is -2.22. The Morgan fingerprint density at radius 3 is 2.03 bits per heavy atom. The molecule has 0 saturated heterocycles. The maximum absolute atomic E-state index is 12.5. The number of aliphatic hydroxyl groups is 1. The number of pyridine rings is 1. The number of anilines is 3. The summed E-state index contributed by atoms with van der Waals surface area (Å²) in [6, 6.07) is 2.82. The van der Waals surface area contributed by atoms with Crippen molar-refractivity contribution in [3.8, 4) is 0 Å². The Labute approximate surface area is 190 Å². The van der Waals surface area contributed by atoms with Crippen molar-refractivity contribution in [1.29, 1.82) is 0 Å². The monoisotopic (exact) mass is 460 g/mol. The minimum Gasteiger partial charge on any atom is -0.464 e. The van der Waals surface area contributed by atoms with E-state index in [-0.39, 0.29) is 22.6 Å². The van der Waals surface area contributed by atoms with Gasteiger partial charge in [0.25, 0.3) is 0 Å². The number of hydrogen-bond acceptors (Lipinski definition) is 9. The van der Waals surface area contributed by atoms with Crippen LogP contribution < -0.4 is 16.0 Å². The summed E-state index contributed by atoms with van der Waals surface area (Å²) in [5.41, 5.74) is -0.300. The highest BCUT2D eigenvalue weighted by atomic mass is 16.6. The molecule has 0 bridgehead atoms. The van der Waals surface area contributed by atoms with Gasteiger partial charge in [-0.2, -0.15) is 0 Å². The quantitative estimate of drug-likeness (QED) is 0.392. The number of methoxy groups -OCH3 is 1. The van der Waals surface area contributed by atoms with Gasteiger partial charge in [-0.25, -0.2) is 19.4 Å². The van der Waals surface area contributed by atoms with Crippen LogP contribution in [0.15, 0.2) is 12.1 Å². The number of nitrogens with one attached hydrogen (secondary N) is 3. The predicted molar refractivity (Wildman–Crippen MR) is 121 cm³/mol. The Kier molecular flexibility index (Phi) is 6.12. The molecule has 178 valence electrons. The van der Waals surface area contributed by atoms with Gasteiger partial charge in [-0.15, -0.1) is 0 Å². The van der Waals surface area contributed by atoms with Gasteiger partial charge in [0, 0.05) is 10.9 Å². The number of esters is 1. The third kappa shape index (κ3) is 5.43. The molecule has 0 saturated carbocycles. The van der Waals surface area contributed by atoms with E-state index in [0.717, 1.165) is 0 Å². The largest absolute Gasteiger partial charge is 0.464 e. The average Bonchev–Trinajstić information content (AvgIpc) is 2.99. The zero-order valence-electron chi connectivity index (χ0n) is 19.6. The number of carbonyl (C=O) groups is 3. The van der Waals surface area contributed by atoms with Crippen LogP contribution in [-0.2, 0) is 14.2 Å². The number of amides is 2. The highest BCUT2D eigenvalue weighted by Crippen LogP contribution is 2.46. The van der Waals surface area contributed by atoms with Crippen LogP contribution >= 0.6 is 0 Å². The summed E-state index contributed by atoms with van der Waals surface area (Å²) >= 11 is 0. The standard InChI is InChI=1S/C22H28N4O7/c1-21(2,3)32-19(29)24-11-9-12(25-20(30)33-22(4,5)6)16-14-10(17(27)26-16)8-13(18(28)31-7)23-15(11)14/h8-9,17,26-27H,1-7H3,(H,24,29)(H,25,30). The summed E-state index contributed by atoms with van der Waals surface area (Å²) < 4.78 is 15.4. The fraction of sp³-hybridized carbons (Fsp3) is 0.455. The first-order valence-electron chi connectivity index (χ1n) is 10.2. The molecule has 0 radical (unpaired) electrons. The lowest BCUT2D eigenvalue weighted by molar-refractivity contribution is 0.0591. The number of hydrogen-bond donors (Lipinski definition) is 4. The number of aromatic nitrogens is 1. The van der Waals surface area contributed by atoms with Crippen molar-refractivity contribution >= 4 is 46.1 Å². The zero-order valence-corrected chi connectivity index (χ0v) is 19.6. The molecule has 1 aromatic heterocycles. The van der Waals surface area contributed by atoms with E-state index in [1.54, 1.807) is 41.5 Å². The summed E-state index contributed by atoms with van der Waals surface area (Å²) in [5.74, 6) is -0.715. The smallest absolute Gasteiger partial charge is 0.412 e. The molecule has 0 aliphatic carbocycles. The van der Waals surface area contributed by atoms with Crippen molar-refractivity contribution in [2.75, 3.05) is 23.1 Å². The molecule has 33 heavy (non-hydrogen) atoms. The summed E-state index contributed by atoms with van der Waals surface area (Å²) in [6.07, 6.45) is -2.69. The van der Waals surface area contributed by atoms with Crippen LogP contribution in [0, 0.1) is 0 Å². The second-order valence-electron chi connectivity index (χ2n) is 9.46. The molecule has 4 N–H and O–H groups in total. The molecular formula is C22H28N4O7. The molecule has 1 aliphatic rings. The second-order valence-corrected chi connectivity index (χ2v) is 9.46. The molecule has 1 aliphatic heterocycles. The highest BCUT2D eigenvalue weighted by molar-refractivity contribution is 6.14. The van der Waals surface area contributed by atoms with E-state index >= 15 is 0 Å². The van der Waals surface area contributed by atoms with Crippen molar-refractivity contribution in [3.05, 3.63) is 23.4 Å². The van der Waals surface area contributed by atoms with Gasteiger partial charge in [0.2, 0.25) is 0 Å². The summed E-state index contributed by atoms with van der Waals surface area (Å²) in [6.45, 7) is 10.3. The molecule has 0 fully saturated rings. The Hall–Kier alpha value is -3.60. The highest BCUT2D eigenvalue weighted by Gasteiger charge is 2.31. The van der Waals surface area contributed by atoms with Crippen LogP contribution in [0.1, 0.15) is 63.8 Å². The lowest BCUT2D eigenvalue weighted by Crippen LogP contribution is -2.28. The molecule has 11 heteroatoms. The normalized spacial score (nSPS) is 15.0. The molecule has 1 atom stereocenters. The zero-order chi connectivity index (χ0) is 24.7. The van der Waals surface area contributed by atoms with Crippen molar-refractivity contribution in [3.63, 3.8) is 0 Å². The Bertz CT molecular complexity index is 1130.